The summed E-state index contributed by atoms with van der Waals surface area (Å²) in [5, 5.41) is 6.49. The number of piperidine rings is 2. The van der Waals surface area contributed by atoms with Gasteiger partial charge in [-0.15, -0.1) is 0 Å². The molecule has 0 bridgehead atoms. The lowest BCUT2D eigenvalue weighted by atomic mass is 9.94. The van der Waals surface area contributed by atoms with Crippen molar-refractivity contribution in [1.29, 1.82) is 0 Å². The number of hydrogen-bond donors (Lipinski definition) is 2. The van der Waals surface area contributed by atoms with Gasteiger partial charge < -0.3 is 15.5 Å². The smallest absolute Gasteiger partial charge is 0.223 e. The highest BCUT2D eigenvalue weighted by molar-refractivity contribution is 5.78. The van der Waals surface area contributed by atoms with Gasteiger partial charge in [0, 0.05) is 43.6 Å². The molecule has 2 fully saturated rings. The van der Waals surface area contributed by atoms with Gasteiger partial charge in [-0.2, -0.15) is 0 Å². The van der Waals surface area contributed by atoms with Crippen molar-refractivity contribution in [3.05, 3.63) is 24.5 Å². The molecular weight excluding hydrogens is 276 g/mol. The van der Waals surface area contributed by atoms with Crippen LogP contribution in [0.3, 0.4) is 0 Å². The lowest BCUT2D eigenvalue weighted by Gasteiger charge is -2.34. The largest absolute Gasteiger partial charge is 0.371 e. The average molecular weight is 302 g/mol. The summed E-state index contributed by atoms with van der Waals surface area (Å²) in [6.07, 6.45) is 7.95. The standard InChI is InChI=1S/C17H26N4O/c22-17(15-1-7-18-8-2-15)20-13-14-5-11-21(12-6-14)16-3-9-19-10-4-16/h3-4,9-10,14-15,18H,1-2,5-8,11-13H2,(H,20,22). The third kappa shape index (κ3) is 3.97. The molecule has 3 rings (SSSR count). The molecule has 0 saturated carbocycles. The van der Waals surface area contributed by atoms with Crippen molar-refractivity contribution < 1.29 is 4.79 Å². The molecular formula is C17H26N4O. The van der Waals surface area contributed by atoms with Crippen molar-refractivity contribution in [2.75, 3.05) is 37.6 Å². The van der Waals surface area contributed by atoms with Gasteiger partial charge in [-0.1, -0.05) is 0 Å². The topological polar surface area (TPSA) is 57.3 Å². The minimum atomic E-state index is 0.221. The van der Waals surface area contributed by atoms with Crippen LogP contribution in [0, 0.1) is 11.8 Å². The summed E-state index contributed by atoms with van der Waals surface area (Å²) in [6, 6.07) is 4.14. The van der Waals surface area contributed by atoms with Crippen LogP contribution in [0.5, 0.6) is 0 Å². The first-order valence-electron chi connectivity index (χ1n) is 8.46. The number of carbonyl (C=O) groups excluding carboxylic acids is 1. The predicted molar refractivity (Wildman–Crippen MR) is 87.8 cm³/mol. The second-order valence-electron chi connectivity index (χ2n) is 6.41. The minimum absolute atomic E-state index is 0.221. The number of amides is 1. The van der Waals surface area contributed by atoms with Crippen LogP contribution in [0.2, 0.25) is 0 Å². The maximum absolute atomic E-state index is 12.2. The van der Waals surface area contributed by atoms with Gasteiger partial charge in [0.1, 0.15) is 0 Å². The molecule has 2 aliphatic rings. The van der Waals surface area contributed by atoms with E-state index in [1.807, 2.05) is 12.4 Å². The lowest BCUT2D eigenvalue weighted by molar-refractivity contribution is -0.125. The van der Waals surface area contributed by atoms with Gasteiger partial charge in [0.05, 0.1) is 0 Å². The minimum Gasteiger partial charge on any atom is -0.371 e. The summed E-state index contributed by atoms with van der Waals surface area (Å²) in [7, 11) is 0. The Balaban J connectivity index is 1.39. The van der Waals surface area contributed by atoms with E-state index in [0.29, 0.717) is 5.92 Å². The van der Waals surface area contributed by atoms with Crippen LogP contribution in [-0.4, -0.2) is 43.6 Å². The van der Waals surface area contributed by atoms with Gasteiger partial charge in [-0.05, 0) is 56.8 Å². The first kappa shape index (κ1) is 15.3. The van der Waals surface area contributed by atoms with E-state index in [4.69, 9.17) is 0 Å². The Morgan fingerprint density at radius 2 is 1.86 bits per heavy atom. The summed E-state index contributed by atoms with van der Waals surface area (Å²) in [6.45, 7) is 4.92. The fourth-order valence-corrected chi connectivity index (χ4v) is 3.42. The zero-order chi connectivity index (χ0) is 15.2. The second-order valence-corrected chi connectivity index (χ2v) is 6.41. The molecule has 3 heterocycles. The van der Waals surface area contributed by atoms with Crippen LogP contribution < -0.4 is 15.5 Å². The Kier molecular flexibility index (Phi) is 5.27. The monoisotopic (exact) mass is 302 g/mol. The number of carbonyl (C=O) groups is 1. The third-order valence-corrected chi connectivity index (χ3v) is 4.92. The zero-order valence-corrected chi connectivity index (χ0v) is 13.1. The van der Waals surface area contributed by atoms with E-state index in [2.05, 4.69) is 32.7 Å². The van der Waals surface area contributed by atoms with E-state index in [-0.39, 0.29) is 11.8 Å². The second kappa shape index (κ2) is 7.58. The van der Waals surface area contributed by atoms with Crippen LogP contribution in [-0.2, 0) is 4.79 Å². The molecule has 2 N–H and O–H groups in total. The Morgan fingerprint density at radius 3 is 2.55 bits per heavy atom. The number of nitrogens with zero attached hydrogens (tertiary/aromatic N) is 2. The highest BCUT2D eigenvalue weighted by Gasteiger charge is 2.23. The molecule has 1 aromatic heterocycles. The molecule has 5 nitrogen and oxygen atoms in total. The Bertz CT molecular complexity index is 465. The summed E-state index contributed by atoms with van der Waals surface area (Å²) in [4.78, 5) is 18.6. The summed E-state index contributed by atoms with van der Waals surface area (Å²) in [5.41, 5.74) is 1.26. The van der Waals surface area contributed by atoms with E-state index in [0.717, 1.165) is 58.4 Å². The fraction of sp³-hybridized carbons (Fsp3) is 0.647. The number of rotatable bonds is 4. The van der Waals surface area contributed by atoms with Gasteiger partial charge >= 0.3 is 0 Å². The summed E-state index contributed by atoms with van der Waals surface area (Å²) < 4.78 is 0. The molecule has 0 unspecified atom stereocenters. The SMILES string of the molecule is O=C(NCC1CCN(c2ccncc2)CC1)C1CCNCC1. The first-order valence-corrected chi connectivity index (χ1v) is 8.46. The number of nitrogens with one attached hydrogen (secondary N) is 2. The lowest BCUT2D eigenvalue weighted by Crippen LogP contribution is -2.42. The molecule has 0 aromatic carbocycles. The van der Waals surface area contributed by atoms with Crippen molar-refractivity contribution in [3.63, 3.8) is 0 Å². The van der Waals surface area contributed by atoms with E-state index in [1.54, 1.807) is 0 Å². The zero-order valence-electron chi connectivity index (χ0n) is 13.1. The number of pyridine rings is 1. The van der Waals surface area contributed by atoms with E-state index in [9.17, 15) is 4.79 Å². The molecule has 0 radical (unpaired) electrons. The predicted octanol–water partition coefficient (Wildman–Crippen LogP) is 1.41. The van der Waals surface area contributed by atoms with Gasteiger partial charge in [-0.3, -0.25) is 9.78 Å². The van der Waals surface area contributed by atoms with Gasteiger partial charge in [0.15, 0.2) is 0 Å². The van der Waals surface area contributed by atoms with E-state index in [1.165, 1.54) is 5.69 Å². The highest BCUT2D eigenvalue weighted by Crippen LogP contribution is 2.22. The van der Waals surface area contributed by atoms with Crippen LogP contribution in [0.1, 0.15) is 25.7 Å². The Labute approximate surface area is 132 Å². The first-order chi connectivity index (χ1) is 10.8. The van der Waals surface area contributed by atoms with Crippen molar-refractivity contribution in [2.24, 2.45) is 11.8 Å². The molecule has 5 heteroatoms. The molecule has 0 spiro atoms. The van der Waals surface area contributed by atoms with Crippen molar-refractivity contribution >= 4 is 11.6 Å². The molecule has 0 atom stereocenters. The number of hydrogen-bond acceptors (Lipinski definition) is 4. The van der Waals surface area contributed by atoms with Gasteiger partial charge in [0.25, 0.3) is 0 Å². The van der Waals surface area contributed by atoms with Gasteiger partial charge in [0.2, 0.25) is 5.91 Å². The van der Waals surface area contributed by atoms with Crippen molar-refractivity contribution in [2.45, 2.75) is 25.7 Å². The normalized spacial score (nSPS) is 20.8. The van der Waals surface area contributed by atoms with E-state index >= 15 is 0 Å². The molecule has 0 aliphatic carbocycles. The van der Waals surface area contributed by atoms with Crippen molar-refractivity contribution in [3.8, 4) is 0 Å². The Morgan fingerprint density at radius 1 is 1.18 bits per heavy atom. The molecule has 2 aliphatic heterocycles. The number of anilines is 1. The summed E-state index contributed by atoms with van der Waals surface area (Å²) in [5.74, 6) is 1.10. The molecule has 22 heavy (non-hydrogen) atoms. The summed E-state index contributed by atoms with van der Waals surface area (Å²) >= 11 is 0. The van der Waals surface area contributed by atoms with Crippen molar-refractivity contribution in [1.82, 2.24) is 15.6 Å². The van der Waals surface area contributed by atoms with Crippen LogP contribution in [0.15, 0.2) is 24.5 Å². The van der Waals surface area contributed by atoms with Gasteiger partial charge in [-0.25, -0.2) is 0 Å². The molecule has 2 saturated heterocycles. The molecule has 1 aromatic rings. The highest BCUT2D eigenvalue weighted by atomic mass is 16.1. The van der Waals surface area contributed by atoms with Crippen LogP contribution in [0.4, 0.5) is 5.69 Å². The third-order valence-electron chi connectivity index (χ3n) is 4.92. The van der Waals surface area contributed by atoms with Crippen LogP contribution in [0.25, 0.3) is 0 Å². The average Bonchev–Trinajstić information content (AvgIpc) is 2.61. The number of aromatic nitrogens is 1. The quantitative estimate of drug-likeness (QED) is 0.883. The molecule has 120 valence electrons. The maximum Gasteiger partial charge on any atom is 0.223 e. The maximum atomic E-state index is 12.2. The molecule has 1 amide bonds. The fourth-order valence-electron chi connectivity index (χ4n) is 3.42. The van der Waals surface area contributed by atoms with E-state index < -0.39 is 0 Å². The van der Waals surface area contributed by atoms with Crippen LogP contribution >= 0.6 is 0 Å². The Hall–Kier alpha value is -1.62.